The van der Waals surface area contributed by atoms with Crippen LogP contribution in [0.2, 0.25) is 0 Å². The number of benzene rings is 1. The van der Waals surface area contributed by atoms with E-state index in [1.165, 1.54) is 11.1 Å². The van der Waals surface area contributed by atoms with Gasteiger partial charge in [-0.25, -0.2) is 0 Å². The number of hydrogen-bond acceptors (Lipinski definition) is 2. The van der Waals surface area contributed by atoms with E-state index in [9.17, 15) is 0 Å². The summed E-state index contributed by atoms with van der Waals surface area (Å²) in [6, 6.07) is 2.03. The highest BCUT2D eigenvalue weighted by molar-refractivity contribution is 9.10. The molecule has 2 aromatic rings. The lowest BCUT2D eigenvalue weighted by Crippen LogP contribution is -1.92. The molecular formula is C10H9BrN2O. The first-order valence-electron chi connectivity index (χ1n) is 4.52. The van der Waals surface area contributed by atoms with Crippen LogP contribution < -0.4 is 4.74 Å². The molecule has 0 N–H and O–H groups in total. The van der Waals surface area contributed by atoms with Gasteiger partial charge in [0.2, 0.25) is 0 Å². The van der Waals surface area contributed by atoms with E-state index in [0.717, 1.165) is 28.6 Å². The van der Waals surface area contributed by atoms with Crippen LogP contribution in [0.1, 0.15) is 5.56 Å². The Balaban J connectivity index is 2.45. The van der Waals surface area contributed by atoms with Crippen LogP contribution in [0.4, 0.5) is 0 Å². The Bertz CT molecular complexity index is 518. The molecule has 3 nitrogen and oxygen atoms in total. The van der Waals surface area contributed by atoms with Crippen LogP contribution in [0.15, 0.2) is 16.7 Å². The average Bonchev–Trinajstić information content (AvgIpc) is 2.76. The van der Waals surface area contributed by atoms with Gasteiger partial charge in [-0.3, -0.25) is 4.68 Å². The van der Waals surface area contributed by atoms with Crippen molar-refractivity contribution >= 4 is 26.8 Å². The molecule has 3 rings (SSSR count). The van der Waals surface area contributed by atoms with E-state index in [1.807, 2.05) is 12.3 Å². The van der Waals surface area contributed by atoms with Crippen LogP contribution >= 0.6 is 15.9 Å². The Morgan fingerprint density at radius 3 is 3.21 bits per heavy atom. The second kappa shape index (κ2) is 2.73. The van der Waals surface area contributed by atoms with Crippen LogP contribution in [0.25, 0.3) is 10.9 Å². The molecule has 0 fully saturated rings. The third kappa shape index (κ3) is 0.892. The minimum absolute atomic E-state index is 0.897. The maximum atomic E-state index is 5.30. The molecule has 0 radical (unpaired) electrons. The Kier molecular flexibility index (Phi) is 1.62. The predicted molar refractivity (Wildman–Crippen MR) is 57.7 cm³/mol. The fourth-order valence-electron chi connectivity index (χ4n) is 2.06. The maximum absolute atomic E-state index is 5.30. The number of ether oxygens (including phenoxy) is 1. The zero-order valence-corrected chi connectivity index (χ0v) is 9.34. The molecule has 0 bridgehead atoms. The van der Waals surface area contributed by atoms with Gasteiger partial charge in [-0.05, 0) is 34.0 Å². The minimum atomic E-state index is 0.897. The van der Waals surface area contributed by atoms with Crippen molar-refractivity contribution in [1.82, 2.24) is 9.78 Å². The molecule has 4 heteroatoms. The predicted octanol–water partition coefficient (Wildman–Crippen LogP) is 2.36. The quantitative estimate of drug-likeness (QED) is 0.780. The van der Waals surface area contributed by atoms with Gasteiger partial charge in [-0.1, -0.05) is 0 Å². The SMILES string of the molecule is COc1cc2cnn3c2c(c1Br)CC3. The third-order valence-corrected chi connectivity index (χ3v) is 3.58. The van der Waals surface area contributed by atoms with E-state index < -0.39 is 0 Å². The van der Waals surface area contributed by atoms with E-state index in [1.54, 1.807) is 7.11 Å². The Morgan fingerprint density at radius 2 is 2.43 bits per heavy atom. The van der Waals surface area contributed by atoms with Gasteiger partial charge in [0.25, 0.3) is 0 Å². The lowest BCUT2D eigenvalue weighted by Gasteiger charge is -2.06. The average molecular weight is 253 g/mol. The van der Waals surface area contributed by atoms with Crippen molar-refractivity contribution < 1.29 is 4.74 Å². The van der Waals surface area contributed by atoms with Gasteiger partial charge in [0.1, 0.15) is 5.75 Å². The van der Waals surface area contributed by atoms with Gasteiger partial charge in [0.05, 0.1) is 23.3 Å². The lowest BCUT2D eigenvalue weighted by molar-refractivity contribution is 0.412. The molecule has 1 aliphatic rings. The van der Waals surface area contributed by atoms with Crippen LogP contribution in [0, 0.1) is 0 Å². The van der Waals surface area contributed by atoms with Gasteiger partial charge in [0.15, 0.2) is 0 Å². The number of halogens is 1. The van der Waals surface area contributed by atoms with Crippen molar-refractivity contribution in [3.63, 3.8) is 0 Å². The van der Waals surface area contributed by atoms with Crippen molar-refractivity contribution in [2.24, 2.45) is 0 Å². The smallest absolute Gasteiger partial charge is 0.134 e. The number of aromatic nitrogens is 2. The summed E-state index contributed by atoms with van der Waals surface area (Å²) in [5.74, 6) is 0.897. The summed E-state index contributed by atoms with van der Waals surface area (Å²) in [7, 11) is 1.69. The van der Waals surface area contributed by atoms with E-state index in [-0.39, 0.29) is 0 Å². The molecule has 0 saturated heterocycles. The number of rotatable bonds is 1. The fraction of sp³-hybridized carbons (Fsp3) is 0.300. The molecule has 1 aromatic heterocycles. The van der Waals surface area contributed by atoms with Gasteiger partial charge >= 0.3 is 0 Å². The maximum Gasteiger partial charge on any atom is 0.134 e. The fourth-order valence-corrected chi connectivity index (χ4v) is 2.72. The molecule has 1 aromatic carbocycles. The van der Waals surface area contributed by atoms with Crippen LogP contribution in [-0.4, -0.2) is 16.9 Å². The van der Waals surface area contributed by atoms with Crippen molar-refractivity contribution in [2.45, 2.75) is 13.0 Å². The number of aryl methyl sites for hydroxylation is 2. The molecule has 0 atom stereocenters. The van der Waals surface area contributed by atoms with Gasteiger partial charge in [-0.15, -0.1) is 0 Å². The normalized spacial score (nSPS) is 13.9. The topological polar surface area (TPSA) is 27.1 Å². The second-order valence-corrected chi connectivity index (χ2v) is 4.22. The minimum Gasteiger partial charge on any atom is -0.496 e. The van der Waals surface area contributed by atoms with E-state index in [0.29, 0.717) is 0 Å². The molecular weight excluding hydrogens is 244 g/mol. The van der Waals surface area contributed by atoms with E-state index in [2.05, 4.69) is 25.7 Å². The first-order valence-corrected chi connectivity index (χ1v) is 5.31. The molecule has 14 heavy (non-hydrogen) atoms. The van der Waals surface area contributed by atoms with Crippen molar-refractivity contribution in [2.75, 3.05) is 7.11 Å². The summed E-state index contributed by atoms with van der Waals surface area (Å²) in [4.78, 5) is 0. The Hall–Kier alpha value is -1.03. The monoisotopic (exact) mass is 252 g/mol. The van der Waals surface area contributed by atoms with E-state index >= 15 is 0 Å². The molecule has 0 unspecified atom stereocenters. The largest absolute Gasteiger partial charge is 0.496 e. The number of nitrogens with zero attached hydrogens (tertiary/aromatic N) is 2. The summed E-state index contributed by atoms with van der Waals surface area (Å²) >= 11 is 3.57. The molecule has 1 aliphatic heterocycles. The first-order chi connectivity index (χ1) is 6.81. The zero-order chi connectivity index (χ0) is 9.71. The summed E-state index contributed by atoms with van der Waals surface area (Å²) in [6.45, 7) is 0.977. The molecule has 0 aliphatic carbocycles. The van der Waals surface area contributed by atoms with Crippen molar-refractivity contribution in [1.29, 1.82) is 0 Å². The lowest BCUT2D eigenvalue weighted by atomic mass is 10.1. The summed E-state index contributed by atoms with van der Waals surface area (Å²) < 4.78 is 8.43. The van der Waals surface area contributed by atoms with Gasteiger partial charge < -0.3 is 4.74 Å². The first kappa shape index (κ1) is 8.29. The third-order valence-electron chi connectivity index (χ3n) is 2.71. The van der Waals surface area contributed by atoms with Crippen LogP contribution in [-0.2, 0) is 13.0 Å². The molecule has 0 amide bonds. The second-order valence-electron chi connectivity index (χ2n) is 3.43. The van der Waals surface area contributed by atoms with E-state index in [4.69, 9.17) is 4.74 Å². The Morgan fingerprint density at radius 1 is 1.57 bits per heavy atom. The Labute approximate surface area is 89.8 Å². The number of methoxy groups -OCH3 is 1. The highest BCUT2D eigenvalue weighted by Crippen LogP contribution is 2.38. The molecule has 72 valence electrons. The summed E-state index contributed by atoms with van der Waals surface area (Å²) in [5, 5.41) is 5.49. The molecule has 0 saturated carbocycles. The standard InChI is InChI=1S/C10H9BrN2O/c1-14-8-4-6-5-12-13-3-2-7(9(8)11)10(6)13/h4-5H,2-3H2,1H3. The van der Waals surface area contributed by atoms with Gasteiger partial charge in [0, 0.05) is 11.9 Å². The van der Waals surface area contributed by atoms with Crippen molar-refractivity contribution in [3.8, 4) is 5.75 Å². The van der Waals surface area contributed by atoms with Gasteiger partial charge in [-0.2, -0.15) is 5.10 Å². The summed E-state index contributed by atoms with van der Waals surface area (Å²) in [5.41, 5.74) is 2.56. The van der Waals surface area contributed by atoms with Crippen LogP contribution in [0.5, 0.6) is 5.75 Å². The van der Waals surface area contributed by atoms with Crippen molar-refractivity contribution in [3.05, 3.63) is 22.3 Å². The summed E-state index contributed by atoms with van der Waals surface area (Å²) in [6.07, 6.45) is 2.93. The molecule has 2 heterocycles. The highest BCUT2D eigenvalue weighted by atomic mass is 79.9. The highest BCUT2D eigenvalue weighted by Gasteiger charge is 2.20. The molecule has 0 spiro atoms. The van der Waals surface area contributed by atoms with Crippen LogP contribution in [0.3, 0.4) is 0 Å². The number of hydrogen-bond donors (Lipinski definition) is 0. The zero-order valence-electron chi connectivity index (χ0n) is 7.75.